The van der Waals surface area contributed by atoms with Gasteiger partial charge in [0.2, 0.25) is 15.9 Å². The van der Waals surface area contributed by atoms with Gasteiger partial charge in [-0.2, -0.15) is 0 Å². The highest BCUT2D eigenvalue weighted by Gasteiger charge is 2.36. The van der Waals surface area contributed by atoms with E-state index in [1.54, 1.807) is 12.1 Å². The molecule has 1 N–H and O–H groups in total. The smallest absolute Gasteiger partial charge is 0.255 e. The van der Waals surface area contributed by atoms with E-state index in [2.05, 4.69) is 24.1 Å². The Balaban J connectivity index is 1.78. The monoisotopic (exact) mass is 401 g/mol. The van der Waals surface area contributed by atoms with Crippen LogP contribution in [0.15, 0.2) is 48.5 Å². The minimum atomic E-state index is -3.66. The van der Waals surface area contributed by atoms with E-state index in [0.717, 1.165) is 23.1 Å². The van der Waals surface area contributed by atoms with Crippen LogP contribution in [-0.4, -0.2) is 39.1 Å². The third kappa shape index (κ3) is 4.01. The summed E-state index contributed by atoms with van der Waals surface area (Å²) in [6, 6.07) is 13.6. The Morgan fingerprint density at radius 3 is 2.36 bits per heavy atom. The molecule has 3 rings (SSSR count). The number of hydrogen-bond acceptors (Lipinski definition) is 5. The Labute approximate surface area is 165 Å². The summed E-state index contributed by atoms with van der Waals surface area (Å²) in [5.41, 5.74) is 2.17. The molecule has 148 valence electrons. The van der Waals surface area contributed by atoms with Crippen molar-refractivity contribution in [3.05, 3.63) is 54.1 Å². The highest BCUT2D eigenvalue weighted by molar-refractivity contribution is 7.94. The summed E-state index contributed by atoms with van der Waals surface area (Å²) in [4.78, 5) is 26.7. The summed E-state index contributed by atoms with van der Waals surface area (Å²) in [7, 11) is -3.66. The highest BCUT2D eigenvalue weighted by atomic mass is 32.2. The summed E-state index contributed by atoms with van der Waals surface area (Å²) in [6.07, 6.45) is -0.0440. The standard InChI is InChI=1S/C20H23N3O4S/c1-3-22(4-2)17-10-8-16(9-11-17)21-20(25)15-6-5-7-18(14-15)23-19(24)12-13-28(23,26)27/h5-11,14H,3-4,12-13H2,1-2H3,(H,21,25). The third-order valence-corrected chi connectivity index (χ3v) is 6.37. The predicted molar refractivity (Wildman–Crippen MR) is 110 cm³/mol. The van der Waals surface area contributed by atoms with E-state index < -0.39 is 15.9 Å². The van der Waals surface area contributed by atoms with E-state index in [4.69, 9.17) is 0 Å². The summed E-state index contributed by atoms with van der Waals surface area (Å²) >= 11 is 0. The van der Waals surface area contributed by atoms with Crippen LogP contribution in [0.25, 0.3) is 0 Å². The molecule has 1 heterocycles. The molecule has 0 aromatic heterocycles. The number of anilines is 3. The van der Waals surface area contributed by atoms with Gasteiger partial charge >= 0.3 is 0 Å². The van der Waals surface area contributed by atoms with Crippen LogP contribution in [0.4, 0.5) is 17.1 Å². The molecule has 0 unspecified atom stereocenters. The average Bonchev–Trinajstić information content (AvgIpc) is 2.96. The fraction of sp³-hybridized carbons (Fsp3) is 0.300. The molecule has 0 spiro atoms. The molecule has 1 aliphatic rings. The first-order valence-electron chi connectivity index (χ1n) is 9.18. The molecular formula is C20H23N3O4S. The van der Waals surface area contributed by atoms with Crippen molar-refractivity contribution < 1.29 is 18.0 Å². The van der Waals surface area contributed by atoms with Gasteiger partial charge in [-0.3, -0.25) is 9.59 Å². The summed E-state index contributed by atoms with van der Waals surface area (Å²) in [5.74, 6) is -1.06. The molecule has 0 atom stereocenters. The summed E-state index contributed by atoms with van der Waals surface area (Å²) in [5, 5.41) is 2.80. The molecule has 0 saturated carbocycles. The Bertz CT molecular complexity index is 983. The van der Waals surface area contributed by atoms with Crippen LogP contribution in [0.2, 0.25) is 0 Å². The maximum atomic E-state index is 12.6. The van der Waals surface area contributed by atoms with Crippen LogP contribution in [0, 0.1) is 0 Å². The maximum Gasteiger partial charge on any atom is 0.255 e. The zero-order valence-electron chi connectivity index (χ0n) is 15.9. The number of nitrogens with one attached hydrogen (secondary N) is 1. The normalized spacial score (nSPS) is 15.5. The number of rotatable bonds is 6. The Kier molecular flexibility index (Phi) is 5.69. The lowest BCUT2D eigenvalue weighted by molar-refractivity contribution is -0.116. The number of benzene rings is 2. The van der Waals surface area contributed by atoms with Crippen molar-refractivity contribution in [2.45, 2.75) is 20.3 Å². The Hall–Kier alpha value is -2.87. The van der Waals surface area contributed by atoms with Crippen LogP contribution in [-0.2, 0) is 14.8 Å². The fourth-order valence-corrected chi connectivity index (χ4v) is 4.64. The minimum absolute atomic E-state index is 0.0440. The van der Waals surface area contributed by atoms with Crippen LogP contribution in [0.3, 0.4) is 0 Å². The molecule has 1 fully saturated rings. The van der Waals surface area contributed by atoms with Crippen molar-refractivity contribution in [3.8, 4) is 0 Å². The number of sulfonamides is 1. The first-order valence-corrected chi connectivity index (χ1v) is 10.8. The number of carbonyl (C=O) groups is 2. The van der Waals surface area contributed by atoms with Gasteiger partial charge in [0.25, 0.3) is 5.91 Å². The molecule has 2 amide bonds. The second-order valence-electron chi connectivity index (χ2n) is 6.45. The van der Waals surface area contributed by atoms with Crippen LogP contribution < -0.4 is 14.5 Å². The summed E-state index contributed by atoms with van der Waals surface area (Å²) in [6.45, 7) is 5.95. The molecule has 2 aromatic carbocycles. The number of hydrogen-bond donors (Lipinski definition) is 1. The third-order valence-electron chi connectivity index (χ3n) is 4.68. The van der Waals surface area contributed by atoms with Gasteiger partial charge in [-0.15, -0.1) is 0 Å². The average molecular weight is 401 g/mol. The van der Waals surface area contributed by atoms with Gasteiger partial charge in [0, 0.05) is 36.4 Å². The van der Waals surface area contributed by atoms with Gasteiger partial charge in [-0.25, -0.2) is 12.7 Å². The molecule has 0 radical (unpaired) electrons. The van der Waals surface area contributed by atoms with Gasteiger partial charge in [0.1, 0.15) is 0 Å². The maximum absolute atomic E-state index is 12.6. The van der Waals surface area contributed by atoms with Crippen LogP contribution in [0.1, 0.15) is 30.6 Å². The van der Waals surface area contributed by atoms with Gasteiger partial charge in [-0.1, -0.05) is 6.07 Å². The van der Waals surface area contributed by atoms with E-state index in [-0.39, 0.29) is 29.3 Å². The fourth-order valence-electron chi connectivity index (χ4n) is 3.19. The molecule has 28 heavy (non-hydrogen) atoms. The molecular weight excluding hydrogens is 378 g/mol. The Morgan fingerprint density at radius 2 is 1.79 bits per heavy atom. The highest BCUT2D eigenvalue weighted by Crippen LogP contribution is 2.26. The lowest BCUT2D eigenvalue weighted by atomic mass is 10.1. The zero-order valence-corrected chi connectivity index (χ0v) is 16.7. The lowest BCUT2D eigenvalue weighted by Crippen LogP contribution is -2.29. The van der Waals surface area contributed by atoms with Crippen molar-refractivity contribution in [1.29, 1.82) is 0 Å². The van der Waals surface area contributed by atoms with Crippen molar-refractivity contribution in [2.75, 3.05) is 33.4 Å². The van der Waals surface area contributed by atoms with Gasteiger partial charge < -0.3 is 10.2 Å². The Morgan fingerprint density at radius 1 is 1.11 bits per heavy atom. The SMILES string of the molecule is CCN(CC)c1ccc(NC(=O)c2cccc(N3C(=O)CCS3(=O)=O)c2)cc1. The van der Waals surface area contributed by atoms with Crippen molar-refractivity contribution >= 4 is 38.9 Å². The van der Waals surface area contributed by atoms with Gasteiger partial charge in [0.15, 0.2) is 0 Å². The molecule has 0 bridgehead atoms. The second kappa shape index (κ2) is 8.02. The van der Waals surface area contributed by atoms with Crippen molar-refractivity contribution in [1.82, 2.24) is 0 Å². The molecule has 0 aliphatic carbocycles. The molecule has 8 heteroatoms. The quantitative estimate of drug-likeness (QED) is 0.804. The van der Waals surface area contributed by atoms with E-state index >= 15 is 0 Å². The van der Waals surface area contributed by atoms with Crippen molar-refractivity contribution in [2.24, 2.45) is 0 Å². The molecule has 2 aromatic rings. The van der Waals surface area contributed by atoms with Crippen LogP contribution in [0.5, 0.6) is 0 Å². The molecule has 1 saturated heterocycles. The number of nitrogens with zero attached hydrogens (tertiary/aromatic N) is 2. The number of carbonyl (C=O) groups excluding carboxylic acids is 2. The first kappa shape index (κ1) is 19.9. The predicted octanol–water partition coefficient (Wildman–Crippen LogP) is 2.85. The number of amides is 2. The van der Waals surface area contributed by atoms with Gasteiger partial charge in [0.05, 0.1) is 11.4 Å². The van der Waals surface area contributed by atoms with E-state index in [1.165, 1.54) is 12.1 Å². The summed E-state index contributed by atoms with van der Waals surface area (Å²) < 4.78 is 24.9. The van der Waals surface area contributed by atoms with Crippen LogP contribution >= 0.6 is 0 Å². The molecule has 7 nitrogen and oxygen atoms in total. The largest absolute Gasteiger partial charge is 0.372 e. The van der Waals surface area contributed by atoms with E-state index in [1.807, 2.05) is 24.3 Å². The van der Waals surface area contributed by atoms with E-state index in [9.17, 15) is 18.0 Å². The lowest BCUT2D eigenvalue weighted by Gasteiger charge is -2.21. The second-order valence-corrected chi connectivity index (χ2v) is 8.38. The zero-order chi connectivity index (χ0) is 20.3. The van der Waals surface area contributed by atoms with Gasteiger partial charge in [-0.05, 0) is 56.3 Å². The van der Waals surface area contributed by atoms with E-state index in [0.29, 0.717) is 5.69 Å². The first-order chi connectivity index (χ1) is 13.4. The van der Waals surface area contributed by atoms with Crippen molar-refractivity contribution in [3.63, 3.8) is 0 Å². The minimum Gasteiger partial charge on any atom is -0.372 e. The molecule has 1 aliphatic heterocycles. The topological polar surface area (TPSA) is 86.8 Å².